The third-order valence-electron chi connectivity index (χ3n) is 4.89. The van der Waals surface area contributed by atoms with E-state index in [2.05, 4.69) is 10.1 Å². The smallest absolute Gasteiger partial charge is 0.349 e. The fourth-order valence-electron chi connectivity index (χ4n) is 3.24. The summed E-state index contributed by atoms with van der Waals surface area (Å²) in [4.78, 5) is 48.8. The highest BCUT2D eigenvalue weighted by Gasteiger charge is 2.21. The van der Waals surface area contributed by atoms with Gasteiger partial charge in [0, 0.05) is 28.8 Å². The van der Waals surface area contributed by atoms with E-state index in [9.17, 15) is 29.8 Å². The number of nitro benzene ring substituents is 2. The van der Waals surface area contributed by atoms with Crippen molar-refractivity contribution >= 4 is 40.1 Å². The summed E-state index contributed by atoms with van der Waals surface area (Å²) in [5.41, 5.74) is -1.22. The zero-order valence-corrected chi connectivity index (χ0v) is 18.3. The molecule has 3 aromatic carbocycles. The number of fused-ring (bicyclic) bond motifs is 1. The van der Waals surface area contributed by atoms with E-state index in [1.165, 1.54) is 36.4 Å². The van der Waals surface area contributed by atoms with Crippen LogP contribution in [0.3, 0.4) is 0 Å². The highest BCUT2D eigenvalue weighted by molar-refractivity contribution is 6.31. The Hall–Kier alpha value is -4.84. The molecule has 0 saturated heterocycles. The van der Waals surface area contributed by atoms with Crippen molar-refractivity contribution in [1.29, 1.82) is 0 Å². The first kappa shape index (κ1) is 23.3. The fraction of sp³-hybridized carbons (Fsp3) is 0.0455. The van der Waals surface area contributed by atoms with Crippen molar-refractivity contribution in [1.82, 2.24) is 9.66 Å². The van der Waals surface area contributed by atoms with Crippen LogP contribution in [0.1, 0.15) is 11.1 Å². The van der Waals surface area contributed by atoms with Crippen molar-refractivity contribution in [3.05, 3.63) is 118 Å². The number of nitro groups is 2. The predicted molar refractivity (Wildman–Crippen MR) is 127 cm³/mol. The third kappa shape index (κ3) is 4.91. The standard InChI is InChI=1S/C22H14ClN5O7/c23-15-9-14(11-24-26-21(29)17-3-1-2-4-18(17)25-22(26)30)20(19(10-15)28(33)34)35-12-13-5-7-16(8-6-13)27(31)32/h1-11H,12H2,(H,25,30). The molecule has 176 valence electrons. The minimum absolute atomic E-state index is 0.000559. The van der Waals surface area contributed by atoms with Crippen LogP contribution >= 0.6 is 11.6 Å². The van der Waals surface area contributed by atoms with Gasteiger partial charge in [-0.25, -0.2) is 4.79 Å². The van der Waals surface area contributed by atoms with E-state index in [1.54, 1.807) is 18.2 Å². The summed E-state index contributed by atoms with van der Waals surface area (Å²) in [6, 6.07) is 14.2. The molecular weight excluding hydrogens is 482 g/mol. The minimum atomic E-state index is -0.810. The summed E-state index contributed by atoms with van der Waals surface area (Å²) >= 11 is 6.03. The first-order valence-electron chi connectivity index (χ1n) is 9.87. The van der Waals surface area contributed by atoms with E-state index >= 15 is 0 Å². The molecule has 0 bridgehead atoms. The number of rotatable bonds is 7. The summed E-state index contributed by atoms with van der Waals surface area (Å²) in [5.74, 6) is -0.216. The SMILES string of the molecule is O=c1[nH]c2ccccc2c(=O)n1N=Cc1cc(Cl)cc([N+](=O)[O-])c1OCc1ccc([N+](=O)[O-])cc1. The molecule has 0 saturated carbocycles. The van der Waals surface area contributed by atoms with Gasteiger partial charge in [-0.15, -0.1) is 4.68 Å². The Morgan fingerprint density at radius 3 is 2.43 bits per heavy atom. The van der Waals surface area contributed by atoms with Crippen LogP contribution in [-0.2, 0) is 6.61 Å². The summed E-state index contributed by atoms with van der Waals surface area (Å²) in [7, 11) is 0. The number of non-ortho nitro benzene ring substituents is 1. The molecule has 0 radical (unpaired) electrons. The van der Waals surface area contributed by atoms with E-state index in [-0.39, 0.29) is 34.0 Å². The molecule has 13 heteroatoms. The zero-order chi connectivity index (χ0) is 25.1. The topological polar surface area (TPSA) is 163 Å². The summed E-state index contributed by atoms with van der Waals surface area (Å²) in [6.45, 7) is -0.169. The molecule has 4 aromatic rings. The van der Waals surface area contributed by atoms with Crippen LogP contribution in [0.15, 0.2) is 75.4 Å². The summed E-state index contributed by atoms with van der Waals surface area (Å²) < 4.78 is 6.23. The maximum Gasteiger partial charge on any atom is 0.349 e. The number of H-pyrrole nitrogens is 1. The van der Waals surface area contributed by atoms with Gasteiger partial charge < -0.3 is 9.72 Å². The van der Waals surface area contributed by atoms with Gasteiger partial charge in [-0.2, -0.15) is 5.10 Å². The molecule has 35 heavy (non-hydrogen) atoms. The van der Waals surface area contributed by atoms with Crippen LogP contribution in [0.4, 0.5) is 11.4 Å². The first-order chi connectivity index (χ1) is 16.7. The number of hydrogen-bond acceptors (Lipinski definition) is 8. The van der Waals surface area contributed by atoms with Crippen molar-refractivity contribution in [3.8, 4) is 5.75 Å². The van der Waals surface area contributed by atoms with Crippen LogP contribution in [0.2, 0.25) is 5.02 Å². The first-order valence-corrected chi connectivity index (χ1v) is 10.2. The molecule has 0 spiro atoms. The molecule has 0 unspecified atom stereocenters. The minimum Gasteiger partial charge on any atom is -0.481 e. The van der Waals surface area contributed by atoms with Crippen molar-refractivity contribution in [2.45, 2.75) is 6.61 Å². The summed E-state index contributed by atoms with van der Waals surface area (Å²) in [5, 5.41) is 26.6. The second-order valence-electron chi connectivity index (χ2n) is 7.15. The van der Waals surface area contributed by atoms with E-state index in [0.717, 1.165) is 12.3 Å². The van der Waals surface area contributed by atoms with Gasteiger partial charge in [-0.1, -0.05) is 23.7 Å². The van der Waals surface area contributed by atoms with E-state index in [1.807, 2.05) is 0 Å². The Kier molecular flexibility index (Phi) is 6.38. The Balaban J connectivity index is 1.74. The predicted octanol–water partition coefficient (Wildman–Crippen LogP) is 3.62. The normalized spacial score (nSPS) is 11.1. The molecule has 1 heterocycles. The van der Waals surface area contributed by atoms with Crippen molar-refractivity contribution in [3.63, 3.8) is 0 Å². The summed E-state index contributed by atoms with van der Waals surface area (Å²) in [6.07, 6.45) is 1.05. The van der Waals surface area contributed by atoms with Gasteiger partial charge in [0.15, 0.2) is 0 Å². The molecule has 1 N–H and O–H groups in total. The maximum atomic E-state index is 12.7. The average Bonchev–Trinajstić information content (AvgIpc) is 2.83. The zero-order valence-electron chi connectivity index (χ0n) is 17.6. The highest BCUT2D eigenvalue weighted by Crippen LogP contribution is 2.34. The number of aromatic nitrogens is 2. The lowest BCUT2D eigenvalue weighted by Gasteiger charge is -2.10. The average molecular weight is 496 g/mol. The number of nitrogens with one attached hydrogen (secondary N) is 1. The number of aromatic amines is 1. The lowest BCUT2D eigenvalue weighted by molar-refractivity contribution is -0.386. The molecule has 0 amide bonds. The number of para-hydroxylation sites is 1. The number of ether oxygens (including phenoxy) is 1. The number of halogens is 1. The quantitative estimate of drug-likeness (QED) is 0.232. The second-order valence-corrected chi connectivity index (χ2v) is 7.59. The van der Waals surface area contributed by atoms with E-state index in [0.29, 0.717) is 15.8 Å². The van der Waals surface area contributed by atoms with Crippen molar-refractivity contribution in [2.75, 3.05) is 0 Å². The number of nitrogens with zero attached hydrogens (tertiary/aromatic N) is 4. The molecule has 0 atom stereocenters. The Morgan fingerprint density at radius 1 is 1.03 bits per heavy atom. The van der Waals surface area contributed by atoms with Crippen LogP contribution in [0.5, 0.6) is 5.75 Å². The largest absolute Gasteiger partial charge is 0.481 e. The lowest BCUT2D eigenvalue weighted by atomic mass is 10.1. The molecule has 0 aliphatic heterocycles. The molecule has 4 rings (SSSR count). The van der Waals surface area contributed by atoms with Crippen LogP contribution in [-0.4, -0.2) is 25.7 Å². The van der Waals surface area contributed by atoms with Crippen molar-refractivity contribution < 1.29 is 14.6 Å². The van der Waals surface area contributed by atoms with Crippen LogP contribution < -0.4 is 16.0 Å². The maximum absolute atomic E-state index is 12.7. The molecule has 0 fully saturated rings. The van der Waals surface area contributed by atoms with Gasteiger partial charge in [0.2, 0.25) is 5.75 Å². The van der Waals surface area contributed by atoms with Gasteiger partial charge in [-0.05, 0) is 35.9 Å². The van der Waals surface area contributed by atoms with E-state index < -0.39 is 26.8 Å². The van der Waals surface area contributed by atoms with Crippen LogP contribution in [0, 0.1) is 20.2 Å². The highest BCUT2D eigenvalue weighted by atomic mass is 35.5. The Labute approximate surface area is 200 Å². The monoisotopic (exact) mass is 495 g/mol. The van der Waals surface area contributed by atoms with Gasteiger partial charge in [0.25, 0.3) is 11.2 Å². The second kappa shape index (κ2) is 9.57. The Bertz CT molecular complexity index is 1610. The van der Waals surface area contributed by atoms with E-state index in [4.69, 9.17) is 16.3 Å². The lowest BCUT2D eigenvalue weighted by Crippen LogP contribution is -2.32. The molecule has 0 aliphatic carbocycles. The van der Waals surface area contributed by atoms with Crippen LogP contribution in [0.25, 0.3) is 10.9 Å². The van der Waals surface area contributed by atoms with Gasteiger partial charge in [0.1, 0.15) is 6.61 Å². The molecular formula is C22H14ClN5O7. The Morgan fingerprint density at radius 2 is 1.74 bits per heavy atom. The van der Waals surface area contributed by atoms with Crippen molar-refractivity contribution in [2.24, 2.45) is 5.10 Å². The van der Waals surface area contributed by atoms with Gasteiger partial charge in [-0.3, -0.25) is 25.0 Å². The fourth-order valence-corrected chi connectivity index (χ4v) is 3.46. The molecule has 12 nitrogen and oxygen atoms in total. The third-order valence-corrected chi connectivity index (χ3v) is 5.10. The van der Waals surface area contributed by atoms with Gasteiger partial charge in [0.05, 0.1) is 27.0 Å². The molecule has 1 aromatic heterocycles. The van der Waals surface area contributed by atoms with Gasteiger partial charge >= 0.3 is 11.4 Å². The number of benzene rings is 3. The number of hydrogen-bond donors (Lipinski definition) is 1. The molecule has 0 aliphatic rings.